The number of pyridine rings is 2. The highest BCUT2D eigenvalue weighted by Crippen LogP contribution is 2.31. The molecule has 1 amide bonds. The first-order valence-corrected chi connectivity index (χ1v) is 10.5. The molecule has 1 atom stereocenters. The van der Waals surface area contributed by atoms with Crippen LogP contribution in [0.3, 0.4) is 0 Å². The number of nitrogens with zero attached hydrogens (tertiary/aromatic N) is 2. The Morgan fingerprint density at radius 3 is 2.61 bits per heavy atom. The lowest BCUT2D eigenvalue weighted by Gasteiger charge is -2.18. The van der Waals surface area contributed by atoms with Crippen LogP contribution < -0.4 is 14.8 Å². The average molecular weight is 445 g/mol. The van der Waals surface area contributed by atoms with E-state index in [2.05, 4.69) is 15.3 Å². The first-order valence-electron chi connectivity index (χ1n) is 10.5. The van der Waals surface area contributed by atoms with Gasteiger partial charge in [-0.1, -0.05) is 6.07 Å². The van der Waals surface area contributed by atoms with Crippen molar-refractivity contribution in [2.75, 3.05) is 7.11 Å². The van der Waals surface area contributed by atoms with Gasteiger partial charge in [-0.25, -0.2) is 4.39 Å². The number of amides is 1. The van der Waals surface area contributed by atoms with Gasteiger partial charge in [0.2, 0.25) is 0 Å². The summed E-state index contributed by atoms with van der Waals surface area (Å²) < 4.78 is 25.0. The van der Waals surface area contributed by atoms with Crippen molar-refractivity contribution >= 4 is 16.8 Å². The van der Waals surface area contributed by atoms with E-state index in [4.69, 9.17) is 9.47 Å². The number of halogens is 1. The highest BCUT2D eigenvalue weighted by Gasteiger charge is 2.17. The molecule has 1 unspecified atom stereocenters. The van der Waals surface area contributed by atoms with Gasteiger partial charge in [-0.3, -0.25) is 14.8 Å². The van der Waals surface area contributed by atoms with E-state index in [0.717, 1.165) is 11.1 Å². The molecular formula is C26H24FN3O3. The Morgan fingerprint density at radius 2 is 1.85 bits per heavy atom. The van der Waals surface area contributed by atoms with Crippen molar-refractivity contribution in [3.63, 3.8) is 0 Å². The zero-order valence-corrected chi connectivity index (χ0v) is 18.6. The number of hydrogen-bond donors (Lipinski definition) is 1. The average Bonchev–Trinajstić information content (AvgIpc) is 2.82. The lowest BCUT2D eigenvalue weighted by Crippen LogP contribution is -2.27. The Kier molecular flexibility index (Phi) is 6.49. The van der Waals surface area contributed by atoms with Crippen LogP contribution in [0.4, 0.5) is 4.39 Å². The van der Waals surface area contributed by atoms with Crippen LogP contribution in [0, 0.1) is 12.7 Å². The van der Waals surface area contributed by atoms with Crippen LogP contribution in [0.1, 0.15) is 40.1 Å². The van der Waals surface area contributed by atoms with Gasteiger partial charge < -0.3 is 14.8 Å². The predicted molar refractivity (Wildman–Crippen MR) is 124 cm³/mol. The van der Waals surface area contributed by atoms with E-state index < -0.39 is 5.82 Å². The molecule has 2 heterocycles. The van der Waals surface area contributed by atoms with Crippen LogP contribution in [0.25, 0.3) is 10.9 Å². The van der Waals surface area contributed by atoms with Crippen LogP contribution in [-0.2, 0) is 6.61 Å². The quantitative estimate of drug-likeness (QED) is 0.426. The van der Waals surface area contributed by atoms with Crippen LogP contribution in [0.15, 0.2) is 67.0 Å². The largest absolute Gasteiger partial charge is 0.493 e. The Bertz CT molecular complexity index is 1290. The molecule has 33 heavy (non-hydrogen) atoms. The molecular weight excluding hydrogens is 421 g/mol. The normalized spacial score (nSPS) is 11.8. The monoisotopic (exact) mass is 445 g/mol. The lowest BCUT2D eigenvalue weighted by molar-refractivity contribution is 0.0941. The zero-order chi connectivity index (χ0) is 23.4. The number of fused-ring (bicyclic) bond motifs is 1. The van der Waals surface area contributed by atoms with Crippen molar-refractivity contribution in [3.8, 4) is 11.5 Å². The van der Waals surface area contributed by atoms with Gasteiger partial charge in [0.25, 0.3) is 5.91 Å². The smallest absolute Gasteiger partial charge is 0.252 e. The molecule has 2 aromatic carbocycles. The molecule has 0 aliphatic carbocycles. The fraction of sp³-hybridized carbons (Fsp3) is 0.192. The number of ether oxygens (including phenoxy) is 2. The topological polar surface area (TPSA) is 73.3 Å². The minimum Gasteiger partial charge on any atom is -0.493 e. The van der Waals surface area contributed by atoms with Crippen LogP contribution >= 0.6 is 0 Å². The molecule has 0 bridgehead atoms. The second-order valence-corrected chi connectivity index (χ2v) is 7.72. The van der Waals surface area contributed by atoms with E-state index in [1.807, 2.05) is 37.3 Å². The number of carbonyl (C=O) groups is 1. The summed E-state index contributed by atoms with van der Waals surface area (Å²) in [6.45, 7) is 4.06. The molecule has 0 spiro atoms. The molecule has 4 rings (SSSR count). The molecule has 2 aromatic heterocycles. The summed E-state index contributed by atoms with van der Waals surface area (Å²) in [5, 5.41) is 3.61. The molecule has 7 heteroatoms. The lowest BCUT2D eigenvalue weighted by atomic mass is 10.0. The summed E-state index contributed by atoms with van der Waals surface area (Å²) in [5.74, 6) is 0.526. The minimum atomic E-state index is -0.390. The summed E-state index contributed by atoms with van der Waals surface area (Å²) in [5.41, 5.74) is 3.40. The van der Waals surface area contributed by atoms with Crippen LogP contribution in [0.5, 0.6) is 11.5 Å². The molecule has 0 saturated heterocycles. The van der Waals surface area contributed by atoms with E-state index in [-0.39, 0.29) is 11.9 Å². The summed E-state index contributed by atoms with van der Waals surface area (Å²) in [6.07, 6.45) is 3.43. The number of rotatable bonds is 7. The SMILES string of the molecule is COc1cc(C(C)NC(=O)c2cc(C)nc3cc(F)ccc23)ccc1OCc1ccncc1. The highest BCUT2D eigenvalue weighted by atomic mass is 19.1. The molecule has 0 fully saturated rings. The number of aromatic nitrogens is 2. The number of hydrogen-bond acceptors (Lipinski definition) is 5. The number of aryl methyl sites for hydroxylation is 1. The second-order valence-electron chi connectivity index (χ2n) is 7.72. The molecule has 1 N–H and O–H groups in total. The number of nitrogens with one attached hydrogen (secondary N) is 1. The summed E-state index contributed by atoms with van der Waals surface area (Å²) in [6, 6.07) is 15.0. The molecule has 168 valence electrons. The van der Waals surface area contributed by atoms with E-state index >= 15 is 0 Å². The maximum absolute atomic E-state index is 13.6. The number of carbonyl (C=O) groups excluding carboxylic acids is 1. The number of benzene rings is 2. The molecule has 4 aromatic rings. The van der Waals surface area contributed by atoms with Crippen molar-refractivity contribution in [1.29, 1.82) is 0 Å². The van der Waals surface area contributed by atoms with Gasteiger partial charge in [-0.2, -0.15) is 0 Å². The maximum atomic E-state index is 13.6. The van der Waals surface area contributed by atoms with Crippen molar-refractivity contribution in [2.24, 2.45) is 0 Å². The van der Waals surface area contributed by atoms with Gasteiger partial charge in [0.15, 0.2) is 11.5 Å². The third-order valence-electron chi connectivity index (χ3n) is 5.32. The fourth-order valence-corrected chi connectivity index (χ4v) is 3.59. The van der Waals surface area contributed by atoms with E-state index in [0.29, 0.717) is 40.3 Å². The van der Waals surface area contributed by atoms with Gasteiger partial charge in [0, 0.05) is 29.5 Å². The van der Waals surface area contributed by atoms with E-state index in [9.17, 15) is 9.18 Å². The Hall–Kier alpha value is -4.00. The minimum absolute atomic E-state index is 0.262. The maximum Gasteiger partial charge on any atom is 0.252 e. The molecule has 6 nitrogen and oxygen atoms in total. The third-order valence-corrected chi connectivity index (χ3v) is 5.32. The van der Waals surface area contributed by atoms with Crippen molar-refractivity contribution in [1.82, 2.24) is 15.3 Å². The summed E-state index contributed by atoms with van der Waals surface area (Å²) in [4.78, 5) is 21.4. The predicted octanol–water partition coefficient (Wildman–Crippen LogP) is 5.16. The van der Waals surface area contributed by atoms with Gasteiger partial charge in [-0.05, 0) is 67.4 Å². The molecule has 0 aliphatic heterocycles. The Labute approximate surface area is 191 Å². The standard InChI is InChI=1S/C26H24FN3O3/c1-16-12-22(21-6-5-20(27)14-23(21)29-16)26(31)30-17(2)19-4-7-24(25(13-19)32-3)33-15-18-8-10-28-11-9-18/h4-14,17H,15H2,1-3H3,(H,30,31). The van der Waals surface area contributed by atoms with Crippen molar-refractivity contribution in [2.45, 2.75) is 26.5 Å². The summed E-state index contributed by atoms with van der Waals surface area (Å²) >= 11 is 0. The third kappa shape index (κ3) is 5.09. The van der Waals surface area contributed by atoms with Crippen molar-refractivity contribution in [3.05, 3.63) is 95.2 Å². The van der Waals surface area contributed by atoms with Gasteiger partial charge in [0.1, 0.15) is 12.4 Å². The highest BCUT2D eigenvalue weighted by molar-refractivity contribution is 6.06. The van der Waals surface area contributed by atoms with E-state index in [1.54, 1.807) is 38.6 Å². The fourth-order valence-electron chi connectivity index (χ4n) is 3.59. The van der Waals surface area contributed by atoms with Crippen molar-refractivity contribution < 1.29 is 18.7 Å². The molecule has 0 saturated carbocycles. The van der Waals surface area contributed by atoms with Crippen LogP contribution in [-0.4, -0.2) is 23.0 Å². The molecule has 0 radical (unpaired) electrons. The number of methoxy groups -OCH3 is 1. The van der Waals surface area contributed by atoms with Gasteiger partial charge in [-0.15, -0.1) is 0 Å². The van der Waals surface area contributed by atoms with Gasteiger partial charge >= 0.3 is 0 Å². The Balaban J connectivity index is 1.52. The first kappa shape index (κ1) is 22.2. The van der Waals surface area contributed by atoms with Crippen LogP contribution in [0.2, 0.25) is 0 Å². The first-order chi connectivity index (χ1) is 15.9. The summed E-state index contributed by atoms with van der Waals surface area (Å²) in [7, 11) is 1.58. The Morgan fingerprint density at radius 1 is 1.06 bits per heavy atom. The second kappa shape index (κ2) is 9.65. The van der Waals surface area contributed by atoms with Gasteiger partial charge in [0.05, 0.1) is 24.2 Å². The zero-order valence-electron chi connectivity index (χ0n) is 18.6. The molecule has 0 aliphatic rings. The van der Waals surface area contributed by atoms with E-state index in [1.165, 1.54) is 12.1 Å².